The zero-order valence-electron chi connectivity index (χ0n) is 14.5. The van der Waals surface area contributed by atoms with Gasteiger partial charge in [-0.25, -0.2) is 9.78 Å². The molecule has 1 aromatic carbocycles. The number of benzene rings is 1. The van der Waals surface area contributed by atoms with E-state index in [1.807, 2.05) is 0 Å². The predicted molar refractivity (Wildman–Crippen MR) is 97.5 cm³/mol. The molecule has 1 aromatic heterocycles. The standard InChI is InChI=1S/C18H18N4O5/c1-11(17(23)21-14-5-7-15(8-6-14)22(25)26)27-18(24)12-2-9-16(19-10-12)20-13-3-4-13/h2,5-11,13H,3-4H2,1H3,(H,19,20)(H,21,23). The lowest BCUT2D eigenvalue weighted by Gasteiger charge is -2.13. The highest BCUT2D eigenvalue weighted by molar-refractivity contribution is 5.97. The summed E-state index contributed by atoms with van der Waals surface area (Å²) in [6, 6.07) is 9.08. The van der Waals surface area contributed by atoms with Gasteiger partial charge in [-0.1, -0.05) is 0 Å². The van der Waals surface area contributed by atoms with E-state index in [9.17, 15) is 19.7 Å². The van der Waals surface area contributed by atoms with Crippen molar-refractivity contribution in [2.75, 3.05) is 10.6 Å². The van der Waals surface area contributed by atoms with Crippen molar-refractivity contribution in [2.24, 2.45) is 0 Å². The third-order valence-corrected chi connectivity index (χ3v) is 3.93. The van der Waals surface area contributed by atoms with Gasteiger partial charge in [0.25, 0.3) is 11.6 Å². The molecule has 1 fully saturated rings. The van der Waals surface area contributed by atoms with Crippen LogP contribution in [-0.2, 0) is 9.53 Å². The fourth-order valence-corrected chi connectivity index (χ4v) is 2.23. The van der Waals surface area contributed by atoms with Crippen LogP contribution in [0.5, 0.6) is 0 Å². The minimum atomic E-state index is -1.04. The number of esters is 1. The van der Waals surface area contributed by atoms with Gasteiger partial charge in [0.2, 0.25) is 0 Å². The number of aromatic nitrogens is 1. The van der Waals surface area contributed by atoms with Crippen LogP contribution in [0.1, 0.15) is 30.1 Å². The van der Waals surface area contributed by atoms with Crippen molar-refractivity contribution in [3.63, 3.8) is 0 Å². The van der Waals surface area contributed by atoms with Crippen LogP contribution in [0.25, 0.3) is 0 Å². The molecule has 1 aliphatic carbocycles. The van der Waals surface area contributed by atoms with Gasteiger partial charge < -0.3 is 15.4 Å². The fourth-order valence-electron chi connectivity index (χ4n) is 2.23. The van der Waals surface area contributed by atoms with Gasteiger partial charge in [-0.15, -0.1) is 0 Å². The third kappa shape index (κ3) is 5.00. The second kappa shape index (κ2) is 7.81. The predicted octanol–water partition coefficient (Wildman–Crippen LogP) is 2.75. The van der Waals surface area contributed by atoms with Crippen molar-refractivity contribution in [1.29, 1.82) is 0 Å². The lowest BCUT2D eigenvalue weighted by atomic mass is 10.2. The maximum atomic E-state index is 12.1. The number of pyridine rings is 1. The quantitative estimate of drug-likeness (QED) is 0.436. The highest BCUT2D eigenvalue weighted by Gasteiger charge is 2.22. The molecule has 0 bridgehead atoms. The molecule has 9 heteroatoms. The number of nitrogens with zero attached hydrogens (tertiary/aromatic N) is 2. The monoisotopic (exact) mass is 370 g/mol. The second-order valence-electron chi connectivity index (χ2n) is 6.19. The Morgan fingerprint density at radius 3 is 2.48 bits per heavy atom. The average Bonchev–Trinajstić information content (AvgIpc) is 3.46. The van der Waals surface area contributed by atoms with Gasteiger partial charge in [0.05, 0.1) is 10.5 Å². The third-order valence-electron chi connectivity index (χ3n) is 3.93. The zero-order chi connectivity index (χ0) is 19.4. The van der Waals surface area contributed by atoms with E-state index >= 15 is 0 Å². The molecule has 3 rings (SSSR count). The number of nitro benzene ring substituents is 1. The smallest absolute Gasteiger partial charge is 0.340 e. The highest BCUT2D eigenvalue weighted by atomic mass is 16.6. The molecule has 27 heavy (non-hydrogen) atoms. The SMILES string of the molecule is CC(OC(=O)c1ccc(NC2CC2)nc1)C(=O)Nc1ccc([N+](=O)[O-])cc1. The number of hydrogen-bond donors (Lipinski definition) is 2. The summed E-state index contributed by atoms with van der Waals surface area (Å²) in [5.74, 6) is -0.512. The summed E-state index contributed by atoms with van der Waals surface area (Å²) in [6.07, 6.45) is 2.59. The molecule has 1 aliphatic rings. The Morgan fingerprint density at radius 1 is 1.22 bits per heavy atom. The largest absolute Gasteiger partial charge is 0.449 e. The van der Waals surface area contributed by atoms with Gasteiger partial charge in [0.1, 0.15) is 5.82 Å². The first-order valence-corrected chi connectivity index (χ1v) is 8.41. The molecule has 2 N–H and O–H groups in total. The highest BCUT2D eigenvalue weighted by Crippen LogP contribution is 2.23. The number of non-ortho nitro benzene ring substituents is 1. The molecule has 0 aliphatic heterocycles. The van der Waals surface area contributed by atoms with Crippen LogP contribution in [0.3, 0.4) is 0 Å². The van der Waals surface area contributed by atoms with E-state index in [1.54, 1.807) is 12.1 Å². The molecule has 2 aromatic rings. The van der Waals surface area contributed by atoms with Crippen LogP contribution < -0.4 is 10.6 Å². The maximum Gasteiger partial charge on any atom is 0.340 e. The summed E-state index contributed by atoms with van der Waals surface area (Å²) in [5, 5.41) is 16.4. The van der Waals surface area contributed by atoms with Crippen LogP contribution in [0.2, 0.25) is 0 Å². The van der Waals surface area contributed by atoms with Crippen LogP contribution in [0.15, 0.2) is 42.6 Å². The minimum Gasteiger partial charge on any atom is -0.449 e. The number of nitro groups is 1. The average molecular weight is 370 g/mol. The Bertz CT molecular complexity index is 847. The molecule has 1 saturated carbocycles. The van der Waals surface area contributed by atoms with Gasteiger partial charge in [-0.2, -0.15) is 0 Å². The van der Waals surface area contributed by atoms with Crippen molar-refractivity contribution in [1.82, 2.24) is 4.98 Å². The van der Waals surface area contributed by atoms with E-state index in [-0.39, 0.29) is 11.3 Å². The number of carbonyl (C=O) groups is 2. The summed E-state index contributed by atoms with van der Waals surface area (Å²) in [4.78, 5) is 38.5. The van der Waals surface area contributed by atoms with E-state index in [0.29, 0.717) is 17.5 Å². The van der Waals surface area contributed by atoms with Crippen LogP contribution in [0, 0.1) is 10.1 Å². The molecule has 9 nitrogen and oxygen atoms in total. The second-order valence-corrected chi connectivity index (χ2v) is 6.19. The van der Waals surface area contributed by atoms with Crippen LogP contribution in [-0.4, -0.2) is 33.9 Å². The first kappa shape index (κ1) is 18.3. The summed E-state index contributed by atoms with van der Waals surface area (Å²) in [6.45, 7) is 1.44. The molecule has 140 valence electrons. The van der Waals surface area contributed by atoms with E-state index in [4.69, 9.17) is 4.74 Å². The summed E-state index contributed by atoms with van der Waals surface area (Å²) >= 11 is 0. The van der Waals surface area contributed by atoms with E-state index in [1.165, 1.54) is 37.4 Å². The van der Waals surface area contributed by atoms with Crippen molar-refractivity contribution < 1.29 is 19.2 Å². The molecule has 1 heterocycles. The van der Waals surface area contributed by atoms with Gasteiger partial charge in [-0.3, -0.25) is 14.9 Å². The number of anilines is 2. The normalized spacial score (nSPS) is 14.1. The van der Waals surface area contributed by atoms with Crippen molar-refractivity contribution in [3.05, 3.63) is 58.3 Å². The number of rotatable bonds is 7. The molecule has 0 radical (unpaired) electrons. The molecule has 0 spiro atoms. The first-order chi connectivity index (χ1) is 12.9. The Hall–Kier alpha value is -3.49. The Balaban J connectivity index is 1.53. The van der Waals surface area contributed by atoms with Gasteiger partial charge >= 0.3 is 5.97 Å². The lowest BCUT2D eigenvalue weighted by molar-refractivity contribution is -0.384. The number of nitrogens with one attached hydrogen (secondary N) is 2. The number of hydrogen-bond acceptors (Lipinski definition) is 7. The lowest BCUT2D eigenvalue weighted by Crippen LogP contribution is -2.30. The fraction of sp³-hybridized carbons (Fsp3) is 0.278. The molecule has 1 amide bonds. The topological polar surface area (TPSA) is 123 Å². The Kier molecular flexibility index (Phi) is 5.30. The van der Waals surface area contributed by atoms with E-state index in [2.05, 4.69) is 15.6 Å². The molecule has 0 saturated heterocycles. The van der Waals surface area contributed by atoms with Crippen LogP contribution in [0.4, 0.5) is 17.2 Å². The number of ether oxygens (including phenoxy) is 1. The number of amides is 1. The Morgan fingerprint density at radius 2 is 1.93 bits per heavy atom. The molecular formula is C18H18N4O5. The minimum absolute atomic E-state index is 0.0837. The molecular weight excluding hydrogens is 352 g/mol. The van der Waals surface area contributed by atoms with Crippen molar-refractivity contribution in [2.45, 2.75) is 31.9 Å². The van der Waals surface area contributed by atoms with Gasteiger partial charge in [0, 0.05) is 30.1 Å². The van der Waals surface area contributed by atoms with Crippen molar-refractivity contribution in [3.8, 4) is 0 Å². The zero-order valence-corrected chi connectivity index (χ0v) is 14.5. The van der Waals surface area contributed by atoms with Gasteiger partial charge in [0.15, 0.2) is 6.10 Å². The summed E-state index contributed by atoms with van der Waals surface area (Å²) < 4.78 is 5.15. The number of carbonyl (C=O) groups excluding carboxylic acids is 2. The summed E-state index contributed by atoms with van der Waals surface area (Å²) in [5.41, 5.74) is 0.525. The summed E-state index contributed by atoms with van der Waals surface area (Å²) in [7, 11) is 0. The molecule has 1 atom stereocenters. The van der Waals surface area contributed by atoms with Crippen molar-refractivity contribution >= 4 is 29.1 Å². The van der Waals surface area contributed by atoms with Gasteiger partial charge in [-0.05, 0) is 44.0 Å². The first-order valence-electron chi connectivity index (χ1n) is 8.41. The van der Waals surface area contributed by atoms with Crippen LogP contribution >= 0.6 is 0 Å². The molecule has 1 unspecified atom stereocenters. The Labute approximate surface area is 154 Å². The maximum absolute atomic E-state index is 12.1. The van der Waals surface area contributed by atoms with E-state index in [0.717, 1.165) is 12.8 Å². The van der Waals surface area contributed by atoms with E-state index < -0.39 is 22.9 Å².